The van der Waals surface area contributed by atoms with Crippen molar-refractivity contribution >= 4 is 15.9 Å². The van der Waals surface area contributed by atoms with Gasteiger partial charge < -0.3 is 19.5 Å². The third-order valence-electron chi connectivity index (χ3n) is 5.44. The second-order valence-electron chi connectivity index (χ2n) is 8.65. The van der Waals surface area contributed by atoms with E-state index in [4.69, 9.17) is 9.47 Å². The minimum Gasteiger partial charge on any atom is -0.487 e. The molecule has 10 heteroatoms. The Hall–Kier alpha value is -2.16. The van der Waals surface area contributed by atoms with Gasteiger partial charge in [-0.15, -0.1) is 0 Å². The molecule has 1 aromatic rings. The minimum atomic E-state index is -3.92. The zero-order chi connectivity index (χ0) is 24.8. The quantitative estimate of drug-likeness (QED) is 0.565. The maximum Gasteiger partial charge on any atom is 0.248 e. The van der Waals surface area contributed by atoms with Crippen molar-refractivity contribution in [1.29, 1.82) is 0 Å². The Morgan fingerprint density at radius 2 is 2.06 bits per heavy atom. The Morgan fingerprint density at radius 3 is 2.67 bits per heavy atom. The third-order valence-corrected chi connectivity index (χ3v) is 7.46. The van der Waals surface area contributed by atoms with Crippen molar-refractivity contribution in [2.75, 3.05) is 61.1 Å². The Balaban J connectivity index is 2.52. The molecule has 0 bridgehead atoms. The number of likely N-dealkylation sites (N-methyl/N-ethyl adjacent to an activating group) is 1. The van der Waals surface area contributed by atoms with Crippen LogP contribution in [0.2, 0.25) is 0 Å². The molecule has 1 aliphatic rings. The highest BCUT2D eigenvalue weighted by Crippen LogP contribution is 2.34. The molecule has 1 aromatic carbocycles. The second-order valence-corrected chi connectivity index (χ2v) is 10.5. The van der Waals surface area contributed by atoms with Gasteiger partial charge in [-0.25, -0.2) is 8.42 Å². The molecule has 33 heavy (non-hydrogen) atoms. The molecule has 0 saturated heterocycles. The van der Waals surface area contributed by atoms with Gasteiger partial charge in [0.05, 0.1) is 19.7 Å². The van der Waals surface area contributed by atoms with Gasteiger partial charge in [-0.1, -0.05) is 18.8 Å². The summed E-state index contributed by atoms with van der Waals surface area (Å²) in [4.78, 5) is 15.7. The molecule has 2 rings (SSSR count). The first-order chi connectivity index (χ1) is 15.5. The molecule has 3 atom stereocenters. The summed E-state index contributed by atoms with van der Waals surface area (Å²) in [7, 11) is 3.01. The first-order valence-corrected chi connectivity index (χ1v) is 12.2. The molecule has 1 heterocycles. The molecule has 0 aliphatic carbocycles. The predicted molar refractivity (Wildman–Crippen MR) is 125 cm³/mol. The molecule has 1 N–H and O–H groups in total. The van der Waals surface area contributed by atoms with Crippen LogP contribution in [-0.2, 0) is 19.6 Å². The number of fused-ring (bicyclic) bond motifs is 1. The number of aliphatic hydroxyl groups excluding tert-OH is 1. The Bertz CT molecular complexity index is 986. The number of aliphatic hydroxyl groups is 1. The predicted octanol–water partition coefficient (Wildman–Crippen LogP) is 0.473. The third kappa shape index (κ3) is 6.91. The van der Waals surface area contributed by atoms with Crippen LogP contribution in [0.3, 0.4) is 0 Å². The van der Waals surface area contributed by atoms with Gasteiger partial charge in [0.2, 0.25) is 15.9 Å². The lowest BCUT2D eigenvalue weighted by Gasteiger charge is -2.37. The van der Waals surface area contributed by atoms with E-state index in [0.29, 0.717) is 12.1 Å². The van der Waals surface area contributed by atoms with Crippen LogP contribution < -0.4 is 4.74 Å². The Morgan fingerprint density at radius 1 is 1.36 bits per heavy atom. The van der Waals surface area contributed by atoms with E-state index >= 15 is 0 Å². The first-order valence-electron chi connectivity index (χ1n) is 10.8. The first kappa shape index (κ1) is 27.1. The molecule has 1 amide bonds. The zero-order valence-corrected chi connectivity index (χ0v) is 21.1. The number of carbonyl (C=O) groups is 1. The van der Waals surface area contributed by atoms with E-state index in [-0.39, 0.29) is 48.8 Å². The largest absolute Gasteiger partial charge is 0.487 e. The molecule has 0 unspecified atom stereocenters. The highest BCUT2D eigenvalue weighted by atomic mass is 32.2. The summed E-state index contributed by atoms with van der Waals surface area (Å²) in [5.74, 6) is 5.79. The van der Waals surface area contributed by atoms with Crippen molar-refractivity contribution in [2.24, 2.45) is 5.92 Å². The number of hydrogen-bond acceptors (Lipinski definition) is 7. The highest BCUT2D eigenvalue weighted by molar-refractivity contribution is 7.89. The van der Waals surface area contributed by atoms with Gasteiger partial charge in [-0.2, -0.15) is 4.31 Å². The van der Waals surface area contributed by atoms with E-state index in [1.807, 2.05) is 25.9 Å². The van der Waals surface area contributed by atoms with Gasteiger partial charge in [-0.05, 0) is 39.2 Å². The van der Waals surface area contributed by atoms with E-state index in [1.165, 1.54) is 22.4 Å². The number of benzene rings is 1. The minimum absolute atomic E-state index is 0.0173. The number of methoxy groups -OCH3 is 1. The fourth-order valence-electron chi connectivity index (χ4n) is 3.43. The van der Waals surface area contributed by atoms with Crippen LogP contribution in [0.15, 0.2) is 23.1 Å². The summed E-state index contributed by atoms with van der Waals surface area (Å²) < 4.78 is 39.4. The van der Waals surface area contributed by atoms with Crippen molar-refractivity contribution in [3.8, 4) is 17.6 Å². The van der Waals surface area contributed by atoms with Crippen molar-refractivity contribution < 1.29 is 27.8 Å². The second kappa shape index (κ2) is 11.8. The van der Waals surface area contributed by atoms with Crippen LogP contribution in [0.4, 0.5) is 0 Å². The molecule has 184 valence electrons. The van der Waals surface area contributed by atoms with E-state index < -0.39 is 22.2 Å². The molecule has 9 nitrogen and oxygen atoms in total. The van der Waals surface area contributed by atoms with Crippen molar-refractivity contribution in [3.05, 3.63) is 23.8 Å². The van der Waals surface area contributed by atoms with Crippen LogP contribution in [0.25, 0.3) is 0 Å². The molecule has 0 radical (unpaired) electrons. The molecule has 0 fully saturated rings. The van der Waals surface area contributed by atoms with Crippen molar-refractivity contribution in [2.45, 2.75) is 30.9 Å². The number of hydrogen-bond donors (Lipinski definition) is 1. The SMILES string of the molecule is COCC(=O)N(C)C[C@@H]1Oc2cc(C#CCN(C)C)ccc2S(=O)(=O)N([C@H](C)CO)C[C@@H]1C. The zero-order valence-electron chi connectivity index (χ0n) is 20.2. The Kier molecular flexibility index (Phi) is 9.70. The number of sulfonamides is 1. The van der Waals surface area contributed by atoms with Crippen LogP contribution in [0.1, 0.15) is 19.4 Å². The molecule has 1 aliphatic heterocycles. The van der Waals surface area contributed by atoms with Crippen molar-refractivity contribution in [3.63, 3.8) is 0 Å². The van der Waals surface area contributed by atoms with Crippen LogP contribution in [0.5, 0.6) is 5.75 Å². The molecule has 0 spiro atoms. The monoisotopic (exact) mass is 481 g/mol. The summed E-state index contributed by atoms with van der Waals surface area (Å²) in [5.41, 5.74) is 0.628. The summed E-state index contributed by atoms with van der Waals surface area (Å²) in [6, 6.07) is 4.16. The smallest absolute Gasteiger partial charge is 0.248 e. The van der Waals surface area contributed by atoms with E-state index in [1.54, 1.807) is 26.1 Å². The lowest BCUT2D eigenvalue weighted by atomic mass is 10.0. The molecular weight excluding hydrogens is 446 g/mol. The lowest BCUT2D eigenvalue weighted by Crippen LogP contribution is -2.50. The van der Waals surface area contributed by atoms with Crippen LogP contribution in [0, 0.1) is 17.8 Å². The fraction of sp³-hybridized carbons (Fsp3) is 0.609. The normalized spacial score (nSPS) is 21.1. The molecule has 0 saturated carbocycles. The standard InChI is InChI=1S/C23H35N3O6S/c1-17-13-26(18(2)15-27)33(29,30)22-10-9-19(8-7-11-24(3)4)12-20(22)32-21(17)14-25(5)23(28)16-31-6/h9-10,12,17-18,21,27H,11,13-16H2,1-6H3/t17-,18+,21-/m0/s1. The summed E-state index contributed by atoms with van der Waals surface area (Å²) >= 11 is 0. The highest BCUT2D eigenvalue weighted by Gasteiger charge is 2.38. The van der Waals surface area contributed by atoms with Crippen LogP contribution >= 0.6 is 0 Å². The average molecular weight is 482 g/mol. The lowest BCUT2D eigenvalue weighted by molar-refractivity contribution is -0.135. The number of nitrogens with zero attached hydrogens (tertiary/aromatic N) is 3. The van der Waals surface area contributed by atoms with E-state index in [0.717, 1.165) is 0 Å². The van der Waals surface area contributed by atoms with Gasteiger partial charge >= 0.3 is 0 Å². The van der Waals surface area contributed by atoms with E-state index in [2.05, 4.69) is 11.8 Å². The number of carbonyl (C=O) groups excluding carboxylic acids is 1. The summed E-state index contributed by atoms with van der Waals surface area (Å²) in [6.45, 7) is 4.12. The van der Waals surface area contributed by atoms with Gasteiger partial charge in [-0.3, -0.25) is 9.69 Å². The van der Waals surface area contributed by atoms with Gasteiger partial charge in [0, 0.05) is 38.2 Å². The fourth-order valence-corrected chi connectivity index (χ4v) is 5.25. The molecular formula is C23H35N3O6S. The average Bonchev–Trinajstić information content (AvgIpc) is 2.75. The maximum absolute atomic E-state index is 13.5. The van der Waals surface area contributed by atoms with Crippen LogP contribution in [-0.4, -0.2) is 107 Å². The topological polar surface area (TPSA) is 99.6 Å². The summed E-state index contributed by atoms with van der Waals surface area (Å²) in [6.07, 6.45) is -0.483. The van der Waals surface area contributed by atoms with Gasteiger partial charge in [0.15, 0.2) is 0 Å². The summed E-state index contributed by atoms with van der Waals surface area (Å²) in [5, 5.41) is 9.72. The molecule has 0 aromatic heterocycles. The maximum atomic E-state index is 13.5. The number of ether oxygens (including phenoxy) is 2. The van der Waals surface area contributed by atoms with E-state index in [9.17, 15) is 18.3 Å². The van der Waals surface area contributed by atoms with Gasteiger partial charge in [0.25, 0.3) is 0 Å². The van der Waals surface area contributed by atoms with Gasteiger partial charge in [0.1, 0.15) is 23.4 Å². The Labute approximate surface area is 197 Å². The number of rotatable bonds is 7. The van der Waals surface area contributed by atoms with Crippen molar-refractivity contribution in [1.82, 2.24) is 14.1 Å². The number of amides is 1.